The van der Waals surface area contributed by atoms with Crippen molar-refractivity contribution in [2.24, 2.45) is 5.92 Å². The summed E-state index contributed by atoms with van der Waals surface area (Å²) in [4.78, 5) is 11.7. The van der Waals surface area contributed by atoms with Crippen LogP contribution in [0.2, 0.25) is 0 Å². The van der Waals surface area contributed by atoms with Gasteiger partial charge in [0.2, 0.25) is 0 Å². The molecule has 1 fully saturated rings. The van der Waals surface area contributed by atoms with Crippen LogP contribution in [0.5, 0.6) is 0 Å². The van der Waals surface area contributed by atoms with E-state index in [0.29, 0.717) is 0 Å². The zero-order valence-electron chi connectivity index (χ0n) is 9.69. The number of methoxy groups -OCH3 is 1. The zero-order chi connectivity index (χ0) is 11.6. The summed E-state index contributed by atoms with van der Waals surface area (Å²) in [6.07, 6.45) is 0.831. The third kappa shape index (κ3) is 1.71. The van der Waals surface area contributed by atoms with Crippen molar-refractivity contribution < 1.29 is 9.53 Å². The Kier molecular flexibility index (Phi) is 2.97. The fourth-order valence-corrected chi connectivity index (χ4v) is 2.47. The van der Waals surface area contributed by atoms with Gasteiger partial charge in [0.05, 0.1) is 18.6 Å². The molecule has 2 unspecified atom stereocenters. The summed E-state index contributed by atoms with van der Waals surface area (Å²) >= 11 is 0. The lowest BCUT2D eigenvalue weighted by Crippen LogP contribution is -2.42. The lowest BCUT2D eigenvalue weighted by atomic mass is 9.81. The molecule has 0 amide bonds. The van der Waals surface area contributed by atoms with Gasteiger partial charge in [-0.05, 0) is 25.5 Å². The standard InChI is InChI=1S/C13H17NO2/c1-13(10-6-4-3-5-7-10)11(8-9-14-13)12(15)16-2/h3-7,11,14H,8-9H2,1-2H3. The molecule has 16 heavy (non-hydrogen) atoms. The number of benzene rings is 1. The van der Waals surface area contributed by atoms with E-state index in [2.05, 4.69) is 12.2 Å². The van der Waals surface area contributed by atoms with Gasteiger partial charge in [-0.2, -0.15) is 0 Å². The van der Waals surface area contributed by atoms with Crippen LogP contribution >= 0.6 is 0 Å². The highest BCUT2D eigenvalue weighted by Gasteiger charge is 2.44. The summed E-state index contributed by atoms with van der Waals surface area (Å²) in [5, 5.41) is 3.41. The van der Waals surface area contributed by atoms with Crippen LogP contribution in [0.4, 0.5) is 0 Å². The molecule has 3 nitrogen and oxygen atoms in total. The van der Waals surface area contributed by atoms with E-state index in [1.807, 2.05) is 30.3 Å². The Labute approximate surface area is 95.8 Å². The van der Waals surface area contributed by atoms with Crippen molar-refractivity contribution in [3.05, 3.63) is 35.9 Å². The molecular formula is C13H17NO2. The molecule has 0 spiro atoms. The fourth-order valence-electron chi connectivity index (χ4n) is 2.47. The lowest BCUT2D eigenvalue weighted by molar-refractivity contribution is -0.147. The van der Waals surface area contributed by atoms with Gasteiger partial charge in [-0.1, -0.05) is 30.3 Å². The highest BCUT2D eigenvalue weighted by molar-refractivity contribution is 5.75. The van der Waals surface area contributed by atoms with Crippen molar-refractivity contribution in [3.63, 3.8) is 0 Å². The SMILES string of the molecule is COC(=O)C1CCNC1(C)c1ccccc1. The molecule has 1 aromatic carbocycles. The fraction of sp³-hybridized carbons (Fsp3) is 0.462. The Morgan fingerprint density at radius 1 is 1.44 bits per heavy atom. The highest BCUT2D eigenvalue weighted by atomic mass is 16.5. The van der Waals surface area contributed by atoms with E-state index < -0.39 is 0 Å². The number of esters is 1. The quantitative estimate of drug-likeness (QED) is 0.769. The molecule has 0 radical (unpaired) electrons. The molecule has 2 atom stereocenters. The van der Waals surface area contributed by atoms with E-state index in [-0.39, 0.29) is 17.4 Å². The molecule has 1 aromatic rings. The third-order valence-electron chi connectivity index (χ3n) is 3.48. The number of carbonyl (C=O) groups is 1. The van der Waals surface area contributed by atoms with E-state index in [0.717, 1.165) is 18.5 Å². The van der Waals surface area contributed by atoms with E-state index in [1.54, 1.807) is 0 Å². The second-order valence-corrected chi connectivity index (χ2v) is 4.36. The van der Waals surface area contributed by atoms with Gasteiger partial charge in [-0.15, -0.1) is 0 Å². The Morgan fingerprint density at radius 2 is 2.12 bits per heavy atom. The van der Waals surface area contributed by atoms with Crippen LogP contribution in [0, 0.1) is 5.92 Å². The minimum atomic E-state index is -0.297. The highest BCUT2D eigenvalue weighted by Crippen LogP contribution is 2.36. The first-order chi connectivity index (χ1) is 7.68. The molecular weight excluding hydrogens is 202 g/mol. The van der Waals surface area contributed by atoms with E-state index in [9.17, 15) is 4.79 Å². The third-order valence-corrected chi connectivity index (χ3v) is 3.48. The van der Waals surface area contributed by atoms with E-state index in [1.165, 1.54) is 7.11 Å². The molecule has 0 aliphatic carbocycles. The van der Waals surface area contributed by atoms with Gasteiger partial charge in [0.1, 0.15) is 0 Å². The molecule has 1 heterocycles. The molecule has 86 valence electrons. The normalized spacial score (nSPS) is 29.0. The van der Waals surface area contributed by atoms with Crippen LogP contribution in [0.15, 0.2) is 30.3 Å². The van der Waals surface area contributed by atoms with E-state index in [4.69, 9.17) is 4.74 Å². The molecule has 1 saturated heterocycles. The minimum absolute atomic E-state index is 0.0973. The van der Waals surface area contributed by atoms with Gasteiger partial charge in [0.15, 0.2) is 0 Å². The maximum absolute atomic E-state index is 11.7. The van der Waals surface area contributed by atoms with Crippen molar-refractivity contribution in [2.45, 2.75) is 18.9 Å². The summed E-state index contributed by atoms with van der Waals surface area (Å²) < 4.78 is 4.87. The first-order valence-corrected chi connectivity index (χ1v) is 5.57. The van der Waals surface area contributed by atoms with Crippen molar-refractivity contribution in [1.82, 2.24) is 5.32 Å². The van der Waals surface area contributed by atoms with E-state index >= 15 is 0 Å². The van der Waals surface area contributed by atoms with Crippen LogP contribution in [-0.2, 0) is 15.1 Å². The van der Waals surface area contributed by atoms with Crippen LogP contribution in [0.1, 0.15) is 18.9 Å². The summed E-state index contributed by atoms with van der Waals surface area (Å²) in [7, 11) is 1.45. The van der Waals surface area contributed by atoms with Crippen LogP contribution in [-0.4, -0.2) is 19.6 Å². The van der Waals surface area contributed by atoms with Gasteiger partial charge >= 0.3 is 5.97 Å². The van der Waals surface area contributed by atoms with Gasteiger partial charge in [0, 0.05) is 0 Å². The predicted molar refractivity (Wildman–Crippen MR) is 61.9 cm³/mol. The number of hydrogen-bond donors (Lipinski definition) is 1. The Morgan fingerprint density at radius 3 is 2.75 bits per heavy atom. The average molecular weight is 219 g/mol. The number of carbonyl (C=O) groups excluding carboxylic acids is 1. The summed E-state index contributed by atoms with van der Waals surface area (Å²) in [5.74, 6) is -0.226. The second kappa shape index (κ2) is 4.26. The Balaban J connectivity index is 2.33. The van der Waals surface area contributed by atoms with Gasteiger partial charge < -0.3 is 10.1 Å². The van der Waals surface area contributed by atoms with Crippen LogP contribution in [0.25, 0.3) is 0 Å². The van der Waals surface area contributed by atoms with Gasteiger partial charge in [-0.25, -0.2) is 0 Å². The molecule has 2 rings (SSSR count). The van der Waals surface area contributed by atoms with Crippen molar-refractivity contribution in [2.75, 3.05) is 13.7 Å². The molecule has 3 heteroatoms. The topological polar surface area (TPSA) is 38.3 Å². The summed E-state index contributed by atoms with van der Waals surface area (Å²) in [6, 6.07) is 10.1. The number of rotatable bonds is 2. The second-order valence-electron chi connectivity index (χ2n) is 4.36. The average Bonchev–Trinajstić information content (AvgIpc) is 2.73. The lowest BCUT2D eigenvalue weighted by Gasteiger charge is -2.30. The van der Waals surface area contributed by atoms with Crippen LogP contribution in [0.3, 0.4) is 0 Å². The summed E-state index contributed by atoms with van der Waals surface area (Å²) in [5.41, 5.74) is 0.844. The maximum Gasteiger partial charge on any atom is 0.310 e. The Bertz CT molecular complexity index is 377. The first-order valence-electron chi connectivity index (χ1n) is 5.57. The maximum atomic E-state index is 11.7. The number of nitrogens with one attached hydrogen (secondary N) is 1. The van der Waals surface area contributed by atoms with Gasteiger partial charge in [0.25, 0.3) is 0 Å². The first kappa shape index (κ1) is 11.1. The van der Waals surface area contributed by atoms with Gasteiger partial charge in [-0.3, -0.25) is 4.79 Å². The monoisotopic (exact) mass is 219 g/mol. The Hall–Kier alpha value is -1.35. The van der Waals surface area contributed by atoms with Crippen molar-refractivity contribution in [1.29, 1.82) is 0 Å². The predicted octanol–water partition coefficient (Wildman–Crippen LogP) is 1.68. The molecule has 1 N–H and O–H groups in total. The molecule has 0 aromatic heterocycles. The summed E-state index contributed by atoms with van der Waals surface area (Å²) in [6.45, 7) is 2.92. The minimum Gasteiger partial charge on any atom is -0.469 e. The molecule has 1 aliphatic heterocycles. The smallest absolute Gasteiger partial charge is 0.310 e. The molecule has 1 aliphatic rings. The largest absolute Gasteiger partial charge is 0.469 e. The number of ether oxygens (including phenoxy) is 1. The zero-order valence-corrected chi connectivity index (χ0v) is 9.69. The molecule has 0 saturated carbocycles. The van der Waals surface area contributed by atoms with Crippen molar-refractivity contribution >= 4 is 5.97 Å². The van der Waals surface area contributed by atoms with Crippen molar-refractivity contribution in [3.8, 4) is 0 Å². The van der Waals surface area contributed by atoms with Crippen LogP contribution < -0.4 is 5.32 Å². The number of hydrogen-bond acceptors (Lipinski definition) is 3. The molecule has 0 bridgehead atoms.